The molecule has 0 aliphatic heterocycles. The van der Waals surface area contributed by atoms with E-state index in [1.807, 2.05) is 6.20 Å². The second-order valence-electron chi connectivity index (χ2n) is 12.6. The van der Waals surface area contributed by atoms with Gasteiger partial charge in [-0.05, 0) is 71.8 Å². The molecule has 3 heterocycles. The highest BCUT2D eigenvalue weighted by Gasteiger charge is 2.27. The minimum Gasteiger partial charge on any atom is -0.232 e. The molecule has 0 fully saturated rings. The first-order valence-electron chi connectivity index (χ1n) is 16.7. The van der Waals surface area contributed by atoms with E-state index in [1.54, 1.807) is 0 Å². The lowest BCUT2D eigenvalue weighted by atomic mass is 9.88. The predicted octanol–water partition coefficient (Wildman–Crippen LogP) is 10.6. The van der Waals surface area contributed by atoms with E-state index < -0.39 is 0 Å². The lowest BCUT2D eigenvalue weighted by Gasteiger charge is -2.23. The first-order valence-corrected chi connectivity index (χ1v) is 16.7. The molecule has 3 aliphatic carbocycles. The van der Waals surface area contributed by atoms with Crippen molar-refractivity contribution in [1.82, 2.24) is 19.6 Å². The number of allylic oxidation sites excluding steroid dienone is 9. The number of aromatic nitrogens is 4. The topological polar surface area (TPSA) is 43.1 Å². The van der Waals surface area contributed by atoms with Gasteiger partial charge >= 0.3 is 0 Å². The summed E-state index contributed by atoms with van der Waals surface area (Å²) in [6.45, 7) is 0. The molecule has 0 bridgehead atoms. The van der Waals surface area contributed by atoms with Gasteiger partial charge in [-0.1, -0.05) is 127 Å². The van der Waals surface area contributed by atoms with Crippen molar-refractivity contribution in [1.29, 1.82) is 0 Å². The molecule has 226 valence electrons. The van der Waals surface area contributed by atoms with E-state index in [0.717, 1.165) is 94.4 Å². The summed E-state index contributed by atoms with van der Waals surface area (Å²) >= 11 is 0. The molecule has 3 aromatic heterocycles. The van der Waals surface area contributed by atoms with Crippen LogP contribution in [-0.2, 0) is 6.42 Å². The van der Waals surface area contributed by atoms with Crippen molar-refractivity contribution >= 4 is 39.1 Å². The minimum atomic E-state index is 0.785. The van der Waals surface area contributed by atoms with E-state index in [4.69, 9.17) is 15.1 Å². The number of nitrogens with zero attached hydrogens (tertiary/aromatic N) is 4. The lowest BCUT2D eigenvalue weighted by Crippen LogP contribution is -2.11. The average Bonchev–Trinajstić information content (AvgIpc) is 3.60. The monoisotopic (exact) mass is 606 g/mol. The van der Waals surface area contributed by atoms with Gasteiger partial charge in [-0.15, -0.1) is 0 Å². The van der Waals surface area contributed by atoms with Crippen molar-refractivity contribution in [2.75, 3.05) is 0 Å². The highest BCUT2D eigenvalue weighted by atomic mass is 15.2. The van der Waals surface area contributed by atoms with Crippen LogP contribution in [0.1, 0.15) is 60.3 Å². The highest BCUT2D eigenvalue weighted by molar-refractivity contribution is 6.11. The molecule has 0 spiro atoms. The van der Waals surface area contributed by atoms with E-state index in [1.165, 1.54) is 27.8 Å². The summed E-state index contributed by atoms with van der Waals surface area (Å²) in [4.78, 5) is 10.9. The van der Waals surface area contributed by atoms with Crippen LogP contribution in [0.4, 0.5) is 0 Å². The molecule has 0 N–H and O–H groups in total. The molecule has 0 saturated carbocycles. The van der Waals surface area contributed by atoms with E-state index in [9.17, 15) is 0 Å². The van der Waals surface area contributed by atoms with E-state index in [2.05, 4.69) is 132 Å². The summed E-state index contributed by atoms with van der Waals surface area (Å²) in [5, 5.41) is 7.42. The van der Waals surface area contributed by atoms with Crippen LogP contribution in [0.2, 0.25) is 0 Å². The van der Waals surface area contributed by atoms with Gasteiger partial charge in [0, 0.05) is 16.5 Å². The number of aryl methyl sites for hydroxylation is 1. The van der Waals surface area contributed by atoms with E-state index in [0.29, 0.717) is 0 Å². The van der Waals surface area contributed by atoms with Crippen molar-refractivity contribution in [3.8, 4) is 22.5 Å². The van der Waals surface area contributed by atoms with Gasteiger partial charge in [-0.3, -0.25) is 0 Å². The highest BCUT2D eigenvalue weighted by Crippen LogP contribution is 2.43. The zero-order valence-corrected chi connectivity index (χ0v) is 26.2. The number of hydrogen-bond acceptors (Lipinski definition) is 3. The van der Waals surface area contributed by atoms with Crippen LogP contribution in [0.3, 0.4) is 0 Å². The molecule has 47 heavy (non-hydrogen) atoms. The first-order chi connectivity index (χ1) is 23.3. The van der Waals surface area contributed by atoms with Crippen LogP contribution in [0.15, 0.2) is 128 Å². The Morgan fingerprint density at radius 2 is 1.32 bits per heavy atom. The molecule has 0 atom stereocenters. The van der Waals surface area contributed by atoms with Crippen molar-refractivity contribution < 1.29 is 0 Å². The van der Waals surface area contributed by atoms with Crippen LogP contribution in [0, 0.1) is 0 Å². The molecule has 4 heteroatoms. The summed E-state index contributed by atoms with van der Waals surface area (Å²) in [5.74, 6) is 0.785. The Balaban J connectivity index is 1.32. The molecule has 0 radical (unpaired) electrons. The van der Waals surface area contributed by atoms with Crippen molar-refractivity contribution in [2.24, 2.45) is 0 Å². The lowest BCUT2D eigenvalue weighted by molar-refractivity contribution is 0.896. The Morgan fingerprint density at radius 1 is 0.596 bits per heavy atom. The third-order valence-electron chi connectivity index (χ3n) is 9.75. The van der Waals surface area contributed by atoms with Crippen molar-refractivity contribution in [2.45, 2.75) is 38.5 Å². The number of fused-ring (bicyclic) bond motifs is 4. The Bertz CT molecular complexity index is 2330. The van der Waals surface area contributed by atoms with E-state index in [-0.39, 0.29) is 0 Å². The molecular weight excluding hydrogens is 573 g/mol. The maximum Gasteiger partial charge on any atom is 0.162 e. The summed E-state index contributed by atoms with van der Waals surface area (Å²) < 4.78 is 2.17. The number of pyridine rings is 1. The summed E-state index contributed by atoms with van der Waals surface area (Å²) in [6, 6.07) is 30.1. The SMILES string of the molecule is C1=CCCC(c2c(-c3nc4c(c(C5=CC=C(c6ccccc6)CC5)n3)C=CCC4)c3ccccc3c3c(-c4ccccc4)cnn23)=C1. The van der Waals surface area contributed by atoms with E-state index >= 15 is 0 Å². The number of rotatable bonds is 5. The molecular formula is C43H34N4. The molecule has 0 amide bonds. The fourth-order valence-corrected chi connectivity index (χ4v) is 7.46. The normalized spacial score (nSPS) is 15.8. The third-order valence-corrected chi connectivity index (χ3v) is 9.75. The molecule has 9 rings (SSSR count). The standard InChI is InChI=1S/C43H34N4/c1-4-14-29(15-5-1)30-24-26-32(27-25-30)40-36-22-12-13-23-38(36)45-43(46-40)39-34-20-10-11-21-35(34)42-37(31-16-6-2-7-17-31)28-44-47(42)41(39)33-18-8-3-9-19-33/h1-8,10-12,14-18,20-22,24,26,28H,9,13,19,23,25,27H2. The van der Waals surface area contributed by atoms with Crippen molar-refractivity contribution in [3.05, 3.63) is 156 Å². The summed E-state index contributed by atoms with van der Waals surface area (Å²) in [7, 11) is 0. The Hall–Kier alpha value is -5.61. The first kappa shape index (κ1) is 27.7. The van der Waals surface area contributed by atoms with Crippen LogP contribution in [0.25, 0.3) is 61.6 Å². The molecule has 3 aliphatic rings. The molecule has 6 aromatic rings. The second-order valence-corrected chi connectivity index (χ2v) is 12.6. The Labute approximate surface area is 274 Å². The fraction of sp³-hybridized carbons (Fsp3) is 0.140. The summed E-state index contributed by atoms with van der Waals surface area (Å²) in [5.41, 5.74) is 14.1. The molecule has 3 aromatic carbocycles. The largest absolute Gasteiger partial charge is 0.232 e. The van der Waals surface area contributed by atoms with Gasteiger partial charge in [-0.2, -0.15) is 5.10 Å². The molecule has 0 unspecified atom stereocenters. The van der Waals surface area contributed by atoms with Gasteiger partial charge in [0.15, 0.2) is 5.82 Å². The minimum absolute atomic E-state index is 0.785. The predicted molar refractivity (Wildman–Crippen MR) is 194 cm³/mol. The average molecular weight is 607 g/mol. The Kier molecular flexibility index (Phi) is 6.85. The van der Waals surface area contributed by atoms with Gasteiger partial charge in [0.2, 0.25) is 0 Å². The maximum absolute atomic E-state index is 5.51. The smallest absolute Gasteiger partial charge is 0.162 e. The molecule has 0 saturated heterocycles. The Morgan fingerprint density at radius 3 is 2.09 bits per heavy atom. The van der Waals surface area contributed by atoms with Crippen LogP contribution in [-0.4, -0.2) is 19.6 Å². The van der Waals surface area contributed by atoms with Gasteiger partial charge < -0.3 is 0 Å². The van der Waals surface area contributed by atoms with Gasteiger partial charge in [0.05, 0.1) is 34.4 Å². The number of hydrogen-bond donors (Lipinski definition) is 0. The number of benzene rings is 3. The quantitative estimate of drug-likeness (QED) is 0.196. The van der Waals surface area contributed by atoms with Gasteiger partial charge in [-0.25, -0.2) is 14.5 Å². The fourth-order valence-electron chi connectivity index (χ4n) is 7.46. The zero-order valence-electron chi connectivity index (χ0n) is 26.2. The van der Waals surface area contributed by atoms with Crippen LogP contribution in [0.5, 0.6) is 0 Å². The van der Waals surface area contributed by atoms with Gasteiger partial charge in [0.25, 0.3) is 0 Å². The van der Waals surface area contributed by atoms with Crippen LogP contribution >= 0.6 is 0 Å². The second kappa shape index (κ2) is 11.6. The maximum atomic E-state index is 5.51. The molecule has 4 nitrogen and oxygen atoms in total. The summed E-state index contributed by atoms with van der Waals surface area (Å²) in [6.07, 6.45) is 23.6. The van der Waals surface area contributed by atoms with Crippen LogP contribution < -0.4 is 0 Å². The van der Waals surface area contributed by atoms with Crippen molar-refractivity contribution in [3.63, 3.8) is 0 Å². The third kappa shape index (κ3) is 4.80. The zero-order chi connectivity index (χ0) is 31.2. The van der Waals surface area contributed by atoms with Gasteiger partial charge in [0.1, 0.15) is 0 Å².